The Morgan fingerprint density at radius 3 is 2.53 bits per heavy atom. The number of rotatable bonds is 7. The Morgan fingerprint density at radius 1 is 1.24 bits per heavy atom. The molecule has 0 aromatic heterocycles. The van der Waals surface area contributed by atoms with Gasteiger partial charge in [0.05, 0.1) is 6.54 Å². The van der Waals surface area contributed by atoms with Gasteiger partial charge in [-0.15, -0.1) is 0 Å². The molecule has 0 spiro atoms. The second kappa shape index (κ2) is 7.85. The quantitative estimate of drug-likeness (QED) is 0.759. The van der Waals surface area contributed by atoms with Crippen molar-refractivity contribution < 1.29 is 4.79 Å². The highest BCUT2D eigenvalue weighted by molar-refractivity contribution is 5.77. The third-order valence-corrected chi connectivity index (χ3v) is 2.66. The summed E-state index contributed by atoms with van der Waals surface area (Å²) >= 11 is 0. The maximum atomic E-state index is 11.4. The van der Waals surface area contributed by atoms with E-state index in [0.717, 1.165) is 12.8 Å². The summed E-state index contributed by atoms with van der Waals surface area (Å²) < 4.78 is 0. The van der Waals surface area contributed by atoms with Crippen LogP contribution in [0.3, 0.4) is 0 Å². The summed E-state index contributed by atoms with van der Waals surface area (Å²) in [7, 11) is 0. The highest BCUT2D eigenvalue weighted by atomic mass is 16.1. The lowest BCUT2D eigenvalue weighted by Crippen LogP contribution is -2.35. The van der Waals surface area contributed by atoms with Gasteiger partial charge >= 0.3 is 0 Å². The van der Waals surface area contributed by atoms with Gasteiger partial charge in [0.15, 0.2) is 0 Å². The van der Waals surface area contributed by atoms with Gasteiger partial charge in [-0.25, -0.2) is 0 Å². The van der Waals surface area contributed by atoms with Gasteiger partial charge in [-0.1, -0.05) is 43.7 Å². The van der Waals surface area contributed by atoms with Crippen molar-refractivity contribution in [3.8, 4) is 0 Å². The molecule has 0 aliphatic rings. The Kier molecular flexibility index (Phi) is 6.33. The molecule has 1 rings (SSSR count). The third kappa shape index (κ3) is 5.00. The Balaban J connectivity index is 2.52. The zero-order chi connectivity index (χ0) is 12.5. The first-order valence-corrected chi connectivity index (χ1v) is 6.33. The maximum absolute atomic E-state index is 11.4. The molecule has 17 heavy (non-hydrogen) atoms. The molecule has 0 bridgehead atoms. The van der Waals surface area contributed by atoms with Gasteiger partial charge in [0.1, 0.15) is 0 Å². The number of amides is 1. The lowest BCUT2D eigenvalue weighted by molar-refractivity contribution is -0.120. The number of hydrogen-bond acceptors (Lipinski definition) is 2. The molecule has 1 unspecified atom stereocenters. The summed E-state index contributed by atoms with van der Waals surface area (Å²) in [6.07, 6.45) is 2.14. The van der Waals surface area contributed by atoms with Crippen molar-refractivity contribution in [2.75, 3.05) is 13.1 Å². The minimum atomic E-state index is 0.0598. The molecule has 0 radical (unpaired) electrons. The largest absolute Gasteiger partial charge is 0.355 e. The fraction of sp³-hybridized carbons (Fsp3) is 0.500. The smallest absolute Gasteiger partial charge is 0.233 e. The first kappa shape index (κ1) is 13.7. The number of carbonyl (C=O) groups excluding carboxylic acids is 1. The molecule has 0 aliphatic carbocycles. The van der Waals surface area contributed by atoms with E-state index >= 15 is 0 Å². The van der Waals surface area contributed by atoms with Crippen LogP contribution in [0.25, 0.3) is 0 Å². The van der Waals surface area contributed by atoms with E-state index in [2.05, 4.69) is 29.7 Å². The molecule has 3 nitrogen and oxygen atoms in total. The van der Waals surface area contributed by atoms with Crippen molar-refractivity contribution in [1.82, 2.24) is 10.6 Å². The molecule has 94 valence electrons. The van der Waals surface area contributed by atoms with E-state index in [-0.39, 0.29) is 11.9 Å². The van der Waals surface area contributed by atoms with Gasteiger partial charge in [-0.3, -0.25) is 4.79 Å². The number of hydrogen-bond donors (Lipinski definition) is 2. The van der Waals surface area contributed by atoms with Gasteiger partial charge < -0.3 is 10.6 Å². The van der Waals surface area contributed by atoms with E-state index in [4.69, 9.17) is 0 Å². The standard InChI is InChI=1S/C14H22N2O/c1-3-8-13(12-9-6-5-7-10-12)16-11-14(17)15-4-2/h5-7,9-10,13,16H,3-4,8,11H2,1-2H3,(H,15,17). The highest BCUT2D eigenvalue weighted by Gasteiger charge is 2.10. The summed E-state index contributed by atoms with van der Waals surface area (Å²) in [4.78, 5) is 11.4. The topological polar surface area (TPSA) is 41.1 Å². The Morgan fingerprint density at radius 2 is 1.94 bits per heavy atom. The summed E-state index contributed by atoms with van der Waals surface area (Å²) in [5, 5.41) is 6.10. The first-order valence-electron chi connectivity index (χ1n) is 6.33. The zero-order valence-electron chi connectivity index (χ0n) is 10.7. The predicted molar refractivity (Wildman–Crippen MR) is 70.8 cm³/mol. The van der Waals surface area contributed by atoms with E-state index in [0.29, 0.717) is 13.1 Å². The number of carbonyl (C=O) groups is 1. The van der Waals surface area contributed by atoms with E-state index < -0.39 is 0 Å². The fourth-order valence-corrected chi connectivity index (χ4v) is 1.84. The Hall–Kier alpha value is -1.35. The number of benzene rings is 1. The number of likely N-dealkylation sites (N-methyl/N-ethyl adjacent to an activating group) is 1. The fourth-order valence-electron chi connectivity index (χ4n) is 1.84. The molecule has 1 atom stereocenters. The van der Waals surface area contributed by atoms with Crippen LogP contribution in [0.4, 0.5) is 0 Å². The van der Waals surface area contributed by atoms with Crippen LogP contribution in [-0.2, 0) is 4.79 Å². The Bertz CT molecular complexity index is 324. The second-order valence-corrected chi connectivity index (χ2v) is 4.09. The summed E-state index contributed by atoms with van der Waals surface area (Å²) in [5.41, 5.74) is 1.25. The maximum Gasteiger partial charge on any atom is 0.233 e. The van der Waals surface area contributed by atoms with Crippen LogP contribution in [0.5, 0.6) is 0 Å². The van der Waals surface area contributed by atoms with Crippen molar-refractivity contribution in [2.45, 2.75) is 32.7 Å². The lowest BCUT2D eigenvalue weighted by Gasteiger charge is -2.18. The highest BCUT2D eigenvalue weighted by Crippen LogP contribution is 2.17. The first-order chi connectivity index (χ1) is 8.27. The van der Waals surface area contributed by atoms with E-state index in [1.54, 1.807) is 0 Å². The molecule has 0 saturated heterocycles. The van der Waals surface area contributed by atoms with Crippen LogP contribution >= 0.6 is 0 Å². The van der Waals surface area contributed by atoms with Crippen molar-refractivity contribution >= 4 is 5.91 Å². The van der Waals surface area contributed by atoms with E-state index in [9.17, 15) is 4.79 Å². The second-order valence-electron chi connectivity index (χ2n) is 4.09. The van der Waals surface area contributed by atoms with Gasteiger partial charge in [0.25, 0.3) is 0 Å². The monoisotopic (exact) mass is 234 g/mol. The van der Waals surface area contributed by atoms with E-state index in [1.165, 1.54) is 5.56 Å². The molecule has 0 fully saturated rings. The van der Waals surface area contributed by atoms with Crippen molar-refractivity contribution in [1.29, 1.82) is 0 Å². The lowest BCUT2D eigenvalue weighted by atomic mass is 10.0. The molecule has 0 saturated carbocycles. The SMILES string of the molecule is CCCC(NCC(=O)NCC)c1ccccc1. The van der Waals surface area contributed by atoms with Gasteiger partial charge in [0.2, 0.25) is 5.91 Å². The molecule has 3 heteroatoms. The molecule has 0 aliphatic heterocycles. The average Bonchev–Trinajstić information content (AvgIpc) is 2.36. The number of nitrogens with one attached hydrogen (secondary N) is 2. The van der Waals surface area contributed by atoms with Crippen molar-refractivity contribution in [2.24, 2.45) is 0 Å². The molecule has 0 heterocycles. The predicted octanol–water partition coefficient (Wildman–Crippen LogP) is 2.25. The third-order valence-electron chi connectivity index (χ3n) is 2.66. The molecule has 1 aromatic carbocycles. The van der Waals surface area contributed by atoms with Crippen LogP contribution < -0.4 is 10.6 Å². The van der Waals surface area contributed by atoms with Crippen LogP contribution in [0.15, 0.2) is 30.3 Å². The Labute approximate surface area is 104 Å². The van der Waals surface area contributed by atoms with Crippen LogP contribution in [-0.4, -0.2) is 19.0 Å². The van der Waals surface area contributed by atoms with E-state index in [1.807, 2.05) is 25.1 Å². The van der Waals surface area contributed by atoms with Gasteiger partial charge in [-0.05, 0) is 18.9 Å². The minimum absolute atomic E-state index is 0.0598. The molecule has 1 aromatic rings. The van der Waals surface area contributed by atoms with Crippen LogP contribution in [0.1, 0.15) is 38.3 Å². The molecule has 2 N–H and O–H groups in total. The normalized spacial score (nSPS) is 12.1. The minimum Gasteiger partial charge on any atom is -0.355 e. The van der Waals surface area contributed by atoms with Gasteiger partial charge in [0, 0.05) is 12.6 Å². The van der Waals surface area contributed by atoms with Crippen LogP contribution in [0, 0.1) is 0 Å². The van der Waals surface area contributed by atoms with Crippen molar-refractivity contribution in [3.05, 3.63) is 35.9 Å². The summed E-state index contributed by atoms with van der Waals surface area (Å²) in [6.45, 7) is 5.15. The molecule has 1 amide bonds. The zero-order valence-corrected chi connectivity index (χ0v) is 10.7. The van der Waals surface area contributed by atoms with Crippen LogP contribution in [0.2, 0.25) is 0 Å². The molecular weight excluding hydrogens is 212 g/mol. The molecular formula is C14H22N2O. The summed E-state index contributed by atoms with van der Waals surface area (Å²) in [6, 6.07) is 10.5. The summed E-state index contributed by atoms with van der Waals surface area (Å²) in [5.74, 6) is 0.0598. The van der Waals surface area contributed by atoms with Crippen molar-refractivity contribution in [3.63, 3.8) is 0 Å². The average molecular weight is 234 g/mol. The van der Waals surface area contributed by atoms with Gasteiger partial charge in [-0.2, -0.15) is 0 Å².